The van der Waals surface area contributed by atoms with Crippen LogP contribution in [0.15, 0.2) is 60.2 Å². The van der Waals surface area contributed by atoms with Crippen LogP contribution >= 0.6 is 0 Å². The van der Waals surface area contributed by atoms with Crippen LogP contribution in [0.5, 0.6) is 5.75 Å². The Bertz CT molecular complexity index is 1590. The van der Waals surface area contributed by atoms with E-state index in [0.717, 1.165) is 13.2 Å². The molecule has 0 spiro atoms. The van der Waals surface area contributed by atoms with E-state index in [4.69, 9.17) is 4.74 Å². The van der Waals surface area contributed by atoms with Gasteiger partial charge in [0.1, 0.15) is 17.4 Å². The Kier molecular flexibility index (Phi) is 7.74. The standard InChI is InChI=1S/C30H23F7N2O3/c1-42-25-13-24(34)23(33)12-19(25)28(40)39-27-17-8-7-16(18(17)10-14-4-2-3-5-21(14)31)26(27)29(41)38-15-6-9-22(32)20(11-15)30(35,36)37/h2-6,9-13,16-17,26-27H,7-8H2,1H3,(H,38,41)(H,39,40)/b18-10-/t16?,17?,26-,27+/m0/s1. The van der Waals surface area contributed by atoms with Crippen molar-refractivity contribution in [2.45, 2.75) is 25.1 Å². The van der Waals surface area contributed by atoms with Crippen molar-refractivity contribution in [1.82, 2.24) is 5.32 Å². The van der Waals surface area contributed by atoms with Crippen molar-refractivity contribution in [1.29, 1.82) is 0 Å². The van der Waals surface area contributed by atoms with E-state index < -0.39 is 70.6 Å². The quantitative estimate of drug-likeness (QED) is 0.312. The minimum absolute atomic E-state index is 0.242. The Hall–Kier alpha value is -4.35. The van der Waals surface area contributed by atoms with Crippen molar-refractivity contribution in [3.63, 3.8) is 0 Å². The van der Waals surface area contributed by atoms with Crippen molar-refractivity contribution in [3.05, 3.63) is 100 Å². The van der Waals surface area contributed by atoms with Crippen LogP contribution in [0.2, 0.25) is 0 Å². The van der Waals surface area contributed by atoms with E-state index in [9.17, 15) is 40.3 Å². The van der Waals surface area contributed by atoms with Crippen LogP contribution in [-0.4, -0.2) is 25.0 Å². The number of anilines is 1. The lowest BCUT2D eigenvalue weighted by molar-refractivity contribution is -0.140. The van der Waals surface area contributed by atoms with Gasteiger partial charge in [-0.3, -0.25) is 9.59 Å². The lowest BCUT2D eigenvalue weighted by atomic mass is 9.83. The maximum Gasteiger partial charge on any atom is 0.419 e. The average Bonchev–Trinajstić information content (AvgIpc) is 3.46. The molecule has 5 nitrogen and oxygen atoms in total. The van der Waals surface area contributed by atoms with E-state index in [1.165, 1.54) is 18.2 Å². The zero-order valence-electron chi connectivity index (χ0n) is 21.9. The van der Waals surface area contributed by atoms with Gasteiger partial charge in [-0.1, -0.05) is 29.8 Å². The second-order valence-corrected chi connectivity index (χ2v) is 10.1. The fourth-order valence-corrected chi connectivity index (χ4v) is 5.91. The summed E-state index contributed by atoms with van der Waals surface area (Å²) in [7, 11) is 1.16. The number of halogens is 7. The number of methoxy groups -OCH3 is 1. The number of benzene rings is 3. The van der Waals surface area contributed by atoms with E-state index in [-0.39, 0.29) is 22.6 Å². The Balaban J connectivity index is 1.51. The number of ether oxygens (including phenoxy) is 1. The van der Waals surface area contributed by atoms with E-state index in [1.54, 1.807) is 12.1 Å². The molecule has 2 amide bonds. The predicted molar refractivity (Wildman–Crippen MR) is 138 cm³/mol. The van der Waals surface area contributed by atoms with E-state index >= 15 is 0 Å². The molecule has 2 aliphatic carbocycles. The maximum absolute atomic E-state index is 14.5. The first-order valence-corrected chi connectivity index (χ1v) is 12.9. The van der Waals surface area contributed by atoms with Gasteiger partial charge in [0.15, 0.2) is 11.6 Å². The zero-order valence-corrected chi connectivity index (χ0v) is 21.9. The van der Waals surface area contributed by atoms with E-state index in [2.05, 4.69) is 10.6 Å². The molecule has 12 heteroatoms. The van der Waals surface area contributed by atoms with Gasteiger partial charge in [0, 0.05) is 29.3 Å². The molecule has 2 saturated carbocycles. The largest absolute Gasteiger partial charge is 0.496 e. The van der Waals surface area contributed by atoms with E-state index in [0.29, 0.717) is 42.7 Å². The van der Waals surface area contributed by atoms with Gasteiger partial charge in [-0.15, -0.1) is 0 Å². The Morgan fingerprint density at radius 3 is 2.26 bits per heavy atom. The molecule has 3 aromatic carbocycles. The molecular formula is C30H23F7N2O3. The lowest BCUT2D eigenvalue weighted by Gasteiger charge is -2.30. The smallest absolute Gasteiger partial charge is 0.419 e. The monoisotopic (exact) mass is 592 g/mol. The molecule has 3 aromatic rings. The van der Waals surface area contributed by atoms with Crippen LogP contribution in [0.4, 0.5) is 36.4 Å². The SMILES string of the molecule is COc1cc(F)c(F)cc1C(=O)N[C@@H]1C2CCC(/C2=C/c2ccccc2F)[C@@H]1C(=O)Nc1ccc(F)c(C(F)(F)F)c1. The summed E-state index contributed by atoms with van der Waals surface area (Å²) in [5.41, 5.74) is -1.33. The first-order valence-electron chi connectivity index (χ1n) is 12.9. The number of carbonyl (C=O) groups excluding carboxylic acids is 2. The topological polar surface area (TPSA) is 67.4 Å². The summed E-state index contributed by atoms with van der Waals surface area (Å²) in [6.45, 7) is 0. The summed E-state index contributed by atoms with van der Waals surface area (Å²) in [5, 5.41) is 5.09. The number of nitrogens with one attached hydrogen (secondary N) is 2. The van der Waals surface area contributed by atoms with Crippen molar-refractivity contribution >= 4 is 23.6 Å². The third kappa shape index (κ3) is 5.45. The summed E-state index contributed by atoms with van der Waals surface area (Å²) in [5.74, 6) is -8.54. The van der Waals surface area contributed by atoms with Gasteiger partial charge in [-0.05, 0) is 49.1 Å². The Morgan fingerprint density at radius 1 is 0.881 bits per heavy atom. The summed E-state index contributed by atoms with van der Waals surface area (Å²) < 4.78 is 101. The second-order valence-electron chi connectivity index (χ2n) is 10.1. The highest BCUT2D eigenvalue weighted by Gasteiger charge is 2.54. The normalized spacial score (nSPS) is 22.3. The number of hydrogen-bond donors (Lipinski definition) is 2. The molecule has 2 N–H and O–H groups in total. The Labute approximate surface area is 235 Å². The third-order valence-corrected chi connectivity index (χ3v) is 7.75. The summed E-state index contributed by atoms with van der Waals surface area (Å²) >= 11 is 0. The fraction of sp³-hybridized carbons (Fsp3) is 0.267. The molecule has 0 saturated heterocycles. The van der Waals surface area contributed by atoms with Crippen LogP contribution in [0.25, 0.3) is 6.08 Å². The number of fused-ring (bicyclic) bond motifs is 2. The van der Waals surface area contributed by atoms with Gasteiger partial charge in [-0.25, -0.2) is 17.6 Å². The molecule has 2 fully saturated rings. The highest BCUT2D eigenvalue weighted by Crippen LogP contribution is 2.54. The third-order valence-electron chi connectivity index (χ3n) is 7.75. The minimum Gasteiger partial charge on any atom is -0.496 e. The molecule has 2 aliphatic rings. The molecule has 0 aromatic heterocycles. The van der Waals surface area contributed by atoms with Crippen LogP contribution in [-0.2, 0) is 11.0 Å². The molecule has 2 bridgehead atoms. The van der Waals surface area contributed by atoms with Crippen molar-refractivity contribution in [3.8, 4) is 5.75 Å². The number of alkyl halides is 3. The number of amides is 2. The maximum atomic E-state index is 14.5. The van der Waals surface area contributed by atoms with Gasteiger partial charge in [-0.2, -0.15) is 13.2 Å². The van der Waals surface area contributed by atoms with Crippen LogP contribution in [0, 0.1) is 41.0 Å². The summed E-state index contributed by atoms with van der Waals surface area (Å²) in [6.07, 6.45) is -2.47. The lowest BCUT2D eigenvalue weighted by Crippen LogP contribution is -2.48. The summed E-state index contributed by atoms with van der Waals surface area (Å²) in [4.78, 5) is 26.9. The van der Waals surface area contributed by atoms with E-state index in [1.807, 2.05) is 0 Å². The Morgan fingerprint density at radius 2 is 1.57 bits per heavy atom. The zero-order chi connectivity index (χ0) is 30.3. The molecule has 4 atom stereocenters. The molecular weight excluding hydrogens is 569 g/mol. The molecule has 2 unspecified atom stereocenters. The average molecular weight is 593 g/mol. The first-order chi connectivity index (χ1) is 19.9. The van der Waals surface area contributed by atoms with Crippen molar-refractivity contribution < 1.29 is 45.1 Å². The highest BCUT2D eigenvalue weighted by molar-refractivity contribution is 5.99. The van der Waals surface area contributed by atoms with Gasteiger partial charge < -0.3 is 15.4 Å². The molecule has 42 heavy (non-hydrogen) atoms. The molecule has 0 radical (unpaired) electrons. The number of hydrogen-bond acceptors (Lipinski definition) is 3. The molecule has 0 heterocycles. The van der Waals surface area contributed by atoms with Gasteiger partial charge >= 0.3 is 6.18 Å². The molecule has 5 rings (SSSR count). The fourth-order valence-electron chi connectivity index (χ4n) is 5.91. The summed E-state index contributed by atoms with van der Waals surface area (Å²) in [6, 6.07) is 8.35. The van der Waals surface area contributed by atoms with Gasteiger partial charge in [0.2, 0.25) is 5.91 Å². The van der Waals surface area contributed by atoms with Crippen molar-refractivity contribution in [2.24, 2.45) is 17.8 Å². The van der Waals surface area contributed by atoms with Crippen LogP contribution in [0.3, 0.4) is 0 Å². The van der Waals surface area contributed by atoms with Crippen LogP contribution in [0.1, 0.15) is 34.3 Å². The van der Waals surface area contributed by atoms with Crippen LogP contribution < -0.4 is 15.4 Å². The molecule has 220 valence electrons. The van der Waals surface area contributed by atoms with Crippen molar-refractivity contribution in [2.75, 3.05) is 12.4 Å². The molecule has 0 aliphatic heterocycles. The number of rotatable bonds is 6. The second kappa shape index (κ2) is 11.1. The predicted octanol–water partition coefficient (Wildman–Crippen LogP) is 6.75. The number of carbonyl (C=O) groups is 2. The highest BCUT2D eigenvalue weighted by atomic mass is 19.4. The van der Waals surface area contributed by atoms with Gasteiger partial charge in [0.25, 0.3) is 5.91 Å². The van der Waals surface area contributed by atoms with Gasteiger partial charge in [0.05, 0.1) is 24.2 Å². The first kappa shape index (κ1) is 29.2. The minimum atomic E-state index is -5.01.